The molecule has 6 heteroatoms. The number of halogens is 3. The zero-order valence-electron chi connectivity index (χ0n) is 10.1. The summed E-state index contributed by atoms with van der Waals surface area (Å²) in [5.74, 6) is -4.05. The molecule has 1 atom stereocenters. The molecule has 0 aliphatic rings. The lowest BCUT2D eigenvalue weighted by atomic mass is 10.1. The van der Waals surface area contributed by atoms with E-state index in [-0.39, 0.29) is 10.5 Å². The second kappa shape index (κ2) is 6.00. The van der Waals surface area contributed by atoms with Crippen molar-refractivity contribution in [3.05, 3.63) is 65.5 Å². The first-order valence-corrected chi connectivity index (χ1v) is 6.92. The predicted molar refractivity (Wildman–Crippen MR) is 68.4 cm³/mol. The highest BCUT2D eigenvalue weighted by atomic mass is 32.2. The van der Waals surface area contributed by atoms with E-state index in [1.54, 1.807) is 0 Å². The van der Waals surface area contributed by atoms with Crippen LogP contribution < -0.4 is 0 Å². The molecule has 0 N–H and O–H groups in total. The second-order valence-corrected chi connectivity index (χ2v) is 5.39. The standard InChI is InChI=1S/C14H9F3O2S/c15-10-6-5-9(7-12(10)17)13(18)8-20(19)14-4-2-1-3-11(14)16/h1-7H,8H2. The summed E-state index contributed by atoms with van der Waals surface area (Å²) in [6.45, 7) is 0. The topological polar surface area (TPSA) is 34.1 Å². The summed E-state index contributed by atoms with van der Waals surface area (Å²) in [6, 6.07) is 8.02. The Morgan fingerprint density at radius 1 is 0.950 bits per heavy atom. The first-order valence-electron chi connectivity index (χ1n) is 5.60. The smallest absolute Gasteiger partial charge is 0.175 e. The van der Waals surface area contributed by atoms with Crippen molar-refractivity contribution in [1.82, 2.24) is 0 Å². The fraction of sp³-hybridized carbons (Fsp3) is 0.0714. The average Bonchev–Trinajstić information content (AvgIpc) is 2.42. The average molecular weight is 298 g/mol. The van der Waals surface area contributed by atoms with Gasteiger partial charge >= 0.3 is 0 Å². The van der Waals surface area contributed by atoms with E-state index in [9.17, 15) is 22.2 Å². The number of hydrogen-bond acceptors (Lipinski definition) is 2. The van der Waals surface area contributed by atoms with Crippen LogP contribution in [0, 0.1) is 17.5 Å². The minimum absolute atomic E-state index is 0.0940. The summed E-state index contributed by atoms with van der Waals surface area (Å²) in [7, 11) is -1.88. The van der Waals surface area contributed by atoms with Crippen LogP contribution in [-0.2, 0) is 10.8 Å². The fourth-order valence-corrected chi connectivity index (χ4v) is 2.66. The van der Waals surface area contributed by atoms with Gasteiger partial charge in [0.25, 0.3) is 0 Å². The zero-order chi connectivity index (χ0) is 14.7. The minimum atomic E-state index is -1.88. The van der Waals surface area contributed by atoms with Crippen LogP contribution in [0.1, 0.15) is 10.4 Å². The highest BCUT2D eigenvalue weighted by Gasteiger charge is 2.16. The van der Waals surface area contributed by atoms with Crippen molar-refractivity contribution < 1.29 is 22.2 Å². The van der Waals surface area contributed by atoms with Crippen molar-refractivity contribution >= 4 is 16.6 Å². The molecule has 2 rings (SSSR count). The van der Waals surface area contributed by atoms with E-state index in [1.165, 1.54) is 18.2 Å². The molecule has 104 valence electrons. The van der Waals surface area contributed by atoms with Crippen molar-refractivity contribution in [3.63, 3.8) is 0 Å². The summed E-state index contributed by atoms with van der Waals surface area (Å²) in [5, 5.41) is 0. The number of ketones is 1. The Labute approximate surface area is 115 Å². The van der Waals surface area contributed by atoms with Gasteiger partial charge in [0.1, 0.15) is 5.82 Å². The molecule has 2 nitrogen and oxygen atoms in total. The molecule has 0 heterocycles. The van der Waals surface area contributed by atoms with Crippen LogP contribution in [0.3, 0.4) is 0 Å². The Hall–Kier alpha value is -1.95. The second-order valence-electron chi connectivity index (χ2n) is 3.97. The summed E-state index contributed by atoms with van der Waals surface area (Å²) in [4.78, 5) is 11.7. The SMILES string of the molecule is O=C(CS(=O)c1ccccc1F)c1ccc(F)c(F)c1. The van der Waals surface area contributed by atoms with E-state index in [0.717, 1.165) is 24.3 Å². The molecule has 0 spiro atoms. The van der Waals surface area contributed by atoms with Gasteiger partial charge in [-0.25, -0.2) is 13.2 Å². The Kier molecular flexibility index (Phi) is 4.34. The van der Waals surface area contributed by atoms with Gasteiger partial charge in [-0.3, -0.25) is 9.00 Å². The van der Waals surface area contributed by atoms with E-state index < -0.39 is 39.8 Å². The number of benzene rings is 2. The van der Waals surface area contributed by atoms with Gasteiger partial charge in [-0.1, -0.05) is 12.1 Å². The third-order valence-electron chi connectivity index (χ3n) is 2.59. The van der Waals surface area contributed by atoms with Crippen LogP contribution in [-0.4, -0.2) is 15.7 Å². The number of hydrogen-bond donors (Lipinski definition) is 0. The highest BCUT2D eigenvalue weighted by Crippen LogP contribution is 2.14. The molecule has 20 heavy (non-hydrogen) atoms. The number of rotatable bonds is 4. The van der Waals surface area contributed by atoms with Gasteiger partial charge in [0, 0.05) is 5.56 Å². The molecule has 0 amide bonds. The first kappa shape index (κ1) is 14.5. The molecule has 2 aromatic carbocycles. The molecular formula is C14H9F3O2S. The lowest BCUT2D eigenvalue weighted by Crippen LogP contribution is -2.12. The largest absolute Gasteiger partial charge is 0.293 e. The fourth-order valence-electron chi connectivity index (χ4n) is 1.58. The summed E-state index contributed by atoms with van der Waals surface area (Å²) in [5.41, 5.74) is -0.103. The van der Waals surface area contributed by atoms with Crippen LogP contribution in [0.2, 0.25) is 0 Å². The van der Waals surface area contributed by atoms with Crippen molar-refractivity contribution in [2.75, 3.05) is 5.75 Å². The molecule has 2 aromatic rings. The Bertz CT molecular complexity index is 686. The number of carbonyl (C=O) groups excluding carboxylic acids is 1. The van der Waals surface area contributed by atoms with Crippen LogP contribution >= 0.6 is 0 Å². The van der Waals surface area contributed by atoms with Gasteiger partial charge < -0.3 is 0 Å². The van der Waals surface area contributed by atoms with E-state index >= 15 is 0 Å². The summed E-state index contributed by atoms with van der Waals surface area (Å²) in [6.07, 6.45) is 0. The van der Waals surface area contributed by atoms with Gasteiger partial charge in [0.05, 0.1) is 21.4 Å². The summed E-state index contributed by atoms with van der Waals surface area (Å²) >= 11 is 0. The third-order valence-corrected chi connectivity index (χ3v) is 3.93. The third kappa shape index (κ3) is 3.14. The predicted octanol–water partition coefficient (Wildman–Crippen LogP) is 3.09. The molecule has 0 saturated carbocycles. The van der Waals surface area contributed by atoms with E-state index in [0.29, 0.717) is 0 Å². The lowest BCUT2D eigenvalue weighted by molar-refractivity contribution is 0.102. The normalized spacial score (nSPS) is 12.2. The Morgan fingerprint density at radius 3 is 2.30 bits per heavy atom. The Balaban J connectivity index is 2.17. The van der Waals surface area contributed by atoms with Gasteiger partial charge in [-0.05, 0) is 30.3 Å². The maximum absolute atomic E-state index is 13.4. The van der Waals surface area contributed by atoms with Gasteiger partial charge in [0.15, 0.2) is 17.4 Å². The molecule has 0 radical (unpaired) electrons. The van der Waals surface area contributed by atoms with Crippen molar-refractivity contribution in [3.8, 4) is 0 Å². The molecule has 0 fully saturated rings. The van der Waals surface area contributed by atoms with Gasteiger partial charge in [-0.15, -0.1) is 0 Å². The zero-order valence-corrected chi connectivity index (χ0v) is 10.9. The maximum Gasteiger partial charge on any atom is 0.175 e. The molecular weight excluding hydrogens is 289 g/mol. The van der Waals surface area contributed by atoms with Gasteiger partial charge in [-0.2, -0.15) is 0 Å². The monoisotopic (exact) mass is 298 g/mol. The van der Waals surface area contributed by atoms with Crippen molar-refractivity contribution in [2.24, 2.45) is 0 Å². The molecule has 0 aliphatic carbocycles. The number of carbonyl (C=O) groups is 1. The quantitative estimate of drug-likeness (QED) is 0.813. The summed E-state index contributed by atoms with van der Waals surface area (Å²) < 4.78 is 51.0. The van der Waals surface area contributed by atoms with Crippen LogP contribution in [0.4, 0.5) is 13.2 Å². The number of Topliss-reactive ketones (excluding diaryl/α,β-unsaturated/α-hetero) is 1. The maximum atomic E-state index is 13.4. The molecule has 0 saturated heterocycles. The van der Waals surface area contributed by atoms with Crippen LogP contribution in [0.15, 0.2) is 47.4 Å². The van der Waals surface area contributed by atoms with Crippen LogP contribution in [0.5, 0.6) is 0 Å². The molecule has 1 unspecified atom stereocenters. The Morgan fingerprint density at radius 2 is 1.65 bits per heavy atom. The van der Waals surface area contributed by atoms with Gasteiger partial charge in [0.2, 0.25) is 0 Å². The lowest BCUT2D eigenvalue weighted by Gasteiger charge is -2.04. The first-order chi connectivity index (χ1) is 9.49. The van der Waals surface area contributed by atoms with Crippen molar-refractivity contribution in [1.29, 1.82) is 0 Å². The van der Waals surface area contributed by atoms with Crippen molar-refractivity contribution in [2.45, 2.75) is 4.90 Å². The van der Waals surface area contributed by atoms with E-state index in [4.69, 9.17) is 0 Å². The molecule has 0 aliphatic heterocycles. The molecule has 0 bridgehead atoms. The van der Waals surface area contributed by atoms with E-state index in [2.05, 4.69) is 0 Å². The van der Waals surface area contributed by atoms with Crippen LogP contribution in [0.25, 0.3) is 0 Å². The van der Waals surface area contributed by atoms with E-state index in [1.807, 2.05) is 0 Å². The minimum Gasteiger partial charge on any atom is -0.293 e. The molecule has 0 aromatic heterocycles. The highest BCUT2D eigenvalue weighted by molar-refractivity contribution is 7.85.